The highest BCUT2D eigenvalue weighted by Gasteiger charge is 2.64. The number of nitrogens with one attached hydrogen (secondary N) is 2. The van der Waals surface area contributed by atoms with Crippen LogP contribution in [0.15, 0.2) is 47.3 Å². The number of halogens is 1. The predicted octanol–water partition coefficient (Wildman–Crippen LogP) is 4.04. The SMILES string of the molecule is CCNC(=O)c1nn(CC(=O)N2[C@H](C(=O)Nc3nc(Br)ccc3C)C[C@@]3(C)C[C@@H]23)c2ccc(-c3cnc(C)nc3)cc12. The number of nitrogens with zero attached hydrogens (tertiary/aromatic N) is 6. The van der Waals surface area contributed by atoms with E-state index >= 15 is 0 Å². The van der Waals surface area contributed by atoms with Crippen LogP contribution in [0.25, 0.3) is 22.0 Å². The Kier molecular flexibility index (Phi) is 7.04. The van der Waals surface area contributed by atoms with E-state index in [4.69, 9.17) is 0 Å². The van der Waals surface area contributed by atoms with Crippen LogP contribution in [0.5, 0.6) is 0 Å². The quantitative estimate of drug-likeness (QED) is 0.294. The molecule has 0 radical (unpaired) electrons. The normalized spacial score (nSPS) is 20.8. The van der Waals surface area contributed by atoms with E-state index in [0.717, 1.165) is 23.1 Å². The van der Waals surface area contributed by atoms with Crippen molar-refractivity contribution in [3.05, 3.63) is 64.4 Å². The lowest BCUT2D eigenvalue weighted by molar-refractivity contribution is -0.138. The molecule has 216 valence electrons. The molecule has 1 aliphatic carbocycles. The Morgan fingerprint density at radius 3 is 2.57 bits per heavy atom. The second-order valence-electron chi connectivity index (χ2n) is 11.3. The van der Waals surface area contributed by atoms with Crippen LogP contribution in [-0.2, 0) is 16.1 Å². The van der Waals surface area contributed by atoms with Gasteiger partial charge in [0.2, 0.25) is 11.8 Å². The van der Waals surface area contributed by atoms with Crippen LogP contribution >= 0.6 is 15.9 Å². The number of anilines is 1. The number of piperidine rings is 1. The Hall–Kier alpha value is -4.19. The average molecular weight is 632 g/mol. The first-order valence-corrected chi connectivity index (χ1v) is 14.7. The number of rotatable bonds is 7. The molecule has 4 heterocycles. The number of aryl methyl sites for hydroxylation is 2. The average Bonchev–Trinajstić information content (AvgIpc) is 3.33. The van der Waals surface area contributed by atoms with Gasteiger partial charge in [0.05, 0.1) is 5.52 Å². The summed E-state index contributed by atoms with van der Waals surface area (Å²) in [5, 5.41) is 11.0. The first-order valence-electron chi connectivity index (χ1n) is 13.9. The fraction of sp³-hybridized carbons (Fsp3) is 0.367. The minimum Gasteiger partial charge on any atom is -0.351 e. The lowest BCUT2D eigenvalue weighted by atomic mass is 10.0. The summed E-state index contributed by atoms with van der Waals surface area (Å²) < 4.78 is 2.18. The summed E-state index contributed by atoms with van der Waals surface area (Å²) >= 11 is 3.36. The number of likely N-dealkylation sites (tertiary alicyclic amines) is 1. The molecule has 1 saturated heterocycles. The van der Waals surface area contributed by atoms with Crippen LogP contribution in [0.1, 0.15) is 48.6 Å². The van der Waals surface area contributed by atoms with Gasteiger partial charge in [-0.2, -0.15) is 5.10 Å². The van der Waals surface area contributed by atoms with E-state index in [0.29, 0.717) is 40.1 Å². The highest BCUT2D eigenvalue weighted by Crippen LogP contribution is 2.59. The highest BCUT2D eigenvalue weighted by atomic mass is 79.9. The Morgan fingerprint density at radius 2 is 1.83 bits per heavy atom. The molecule has 3 aromatic heterocycles. The summed E-state index contributed by atoms with van der Waals surface area (Å²) in [6.45, 7) is 7.98. The van der Waals surface area contributed by atoms with Crippen molar-refractivity contribution in [2.24, 2.45) is 5.41 Å². The zero-order valence-corrected chi connectivity index (χ0v) is 25.4. The number of fused-ring (bicyclic) bond motifs is 2. The summed E-state index contributed by atoms with van der Waals surface area (Å²) in [4.78, 5) is 55.0. The Bertz CT molecular complexity index is 1740. The van der Waals surface area contributed by atoms with Gasteiger partial charge in [0.15, 0.2) is 5.69 Å². The van der Waals surface area contributed by atoms with Crippen LogP contribution in [-0.4, -0.2) is 66.0 Å². The van der Waals surface area contributed by atoms with Gasteiger partial charge in [0.1, 0.15) is 28.8 Å². The second-order valence-corrected chi connectivity index (χ2v) is 12.1. The summed E-state index contributed by atoms with van der Waals surface area (Å²) in [5.41, 5.74) is 3.26. The van der Waals surface area contributed by atoms with Crippen molar-refractivity contribution >= 4 is 50.4 Å². The molecule has 0 bridgehead atoms. The smallest absolute Gasteiger partial charge is 0.272 e. The summed E-state index contributed by atoms with van der Waals surface area (Å²) in [6.07, 6.45) is 4.90. The molecule has 12 heteroatoms. The third kappa shape index (κ3) is 5.04. The molecule has 11 nitrogen and oxygen atoms in total. The molecule has 1 aromatic carbocycles. The lowest BCUT2D eigenvalue weighted by Crippen LogP contribution is -2.47. The van der Waals surface area contributed by atoms with Gasteiger partial charge >= 0.3 is 0 Å². The standard InChI is InChI=1S/C30H31BrN8O3/c1-5-32-29(42)26-20-10-18(19-13-33-17(3)34-14-19)7-8-21(20)38(37-26)15-25(40)39-22(11-30(4)12-23(30)39)28(41)36-27-16(2)6-9-24(31)35-27/h6-10,13-14,22-23H,5,11-12,15H2,1-4H3,(H,32,42)(H,35,36,41)/t22-,23+,30-/m0/s1. The number of hydrogen-bond donors (Lipinski definition) is 2. The summed E-state index contributed by atoms with van der Waals surface area (Å²) in [7, 11) is 0. The van der Waals surface area contributed by atoms with Crippen LogP contribution < -0.4 is 10.6 Å². The molecule has 2 N–H and O–H groups in total. The molecule has 2 fully saturated rings. The minimum atomic E-state index is -0.626. The van der Waals surface area contributed by atoms with Crippen molar-refractivity contribution < 1.29 is 14.4 Å². The first-order chi connectivity index (χ1) is 20.1. The van der Waals surface area contributed by atoms with E-state index in [-0.39, 0.29) is 41.4 Å². The third-order valence-corrected chi connectivity index (χ3v) is 8.67. The fourth-order valence-corrected chi connectivity index (χ4v) is 6.14. The molecular formula is C30H31BrN8O3. The molecule has 42 heavy (non-hydrogen) atoms. The lowest BCUT2D eigenvalue weighted by Gasteiger charge is -2.27. The van der Waals surface area contributed by atoms with Crippen LogP contribution in [0.2, 0.25) is 0 Å². The van der Waals surface area contributed by atoms with Gasteiger partial charge in [-0.3, -0.25) is 19.1 Å². The zero-order chi connectivity index (χ0) is 29.8. The molecule has 3 atom stereocenters. The molecule has 2 aliphatic rings. The monoisotopic (exact) mass is 630 g/mol. The number of benzene rings is 1. The summed E-state index contributed by atoms with van der Waals surface area (Å²) in [6, 6.07) is 8.67. The van der Waals surface area contributed by atoms with Crippen molar-refractivity contribution in [2.75, 3.05) is 11.9 Å². The maximum absolute atomic E-state index is 13.9. The highest BCUT2D eigenvalue weighted by molar-refractivity contribution is 9.10. The van der Waals surface area contributed by atoms with Gasteiger partial charge in [-0.05, 0) is 84.3 Å². The number of hydrogen-bond acceptors (Lipinski definition) is 7. The first kappa shape index (κ1) is 28.0. The predicted molar refractivity (Wildman–Crippen MR) is 161 cm³/mol. The number of aromatic nitrogens is 5. The second kappa shape index (κ2) is 10.6. The molecule has 0 unspecified atom stereocenters. The van der Waals surface area contributed by atoms with Gasteiger partial charge in [-0.25, -0.2) is 15.0 Å². The van der Waals surface area contributed by atoms with Gasteiger partial charge in [-0.1, -0.05) is 19.1 Å². The maximum atomic E-state index is 13.9. The van der Waals surface area contributed by atoms with E-state index in [1.807, 2.05) is 51.1 Å². The van der Waals surface area contributed by atoms with Crippen LogP contribution in [0, 0.1) is 19.3 Å². The van der Waals surface area contributed by atoms with Gasteiger partial charge in [-0.15, -0.1) is 0 Å². The van der Waals surface area contributed by atoms with Gasteiger partial charge < -0.3 is 15.5 Å². The number of amides is 3. The van der Waals surface area contributed by atoms with E-state index in [1.54, 1.807) is 22.0 Å². The van der Waals surface area contributed by atoms with Crippen molar-refractivity contribution in [2.45, 2.75) is 59.2 Å². The largest absolute Gasteiger partial charge is 0.351 e. The molecule has 1 aliphatic heterocycles. The Morgan fingerprint density at radius 1 is 1.07 bits per heavy atom. The van der Waals surface area contributed by atoms with Crippen molar-refractivity contribution in [3.63, 3.8) is 0 Å². The molecule has 3 amide bonds. The topological polar surface area (TPSA) is 135 Å². The third-order valence-electron chi connectivity index (χ3n) is 8.23. The molecule has 4 aromatic rings. The van der Waals surface area contributed by atoms with E-state index in [9.17, 15) is 14.4 Å². The number of carbonyl (C=O) groups excluding carboxylic acids is 3. The zero-order valence-electron chi connectivity index (χ0n) is 23.8. The minimum absolute atomic E-state index is 0.0184. The number of pyridine rings is 1. The van der Waals surface area contributed by atoms with Crippen molar-refractivity contribution in [1.29, 1.82) is 0 Å². The maximum Gasteiger partial charge on any atom is 0.272 e. The van der Waals surface area contributed by atoms with E-state index < -0.39 is 6.04 Å². The molecular weight excluding hydrogens is 600 g/mol. The summed E-state index contributed by atoms with van der Waals surface area (Å²) in [5.74, 6) is 0.327. The Balaban J connectivity index is 1.30. The van der Waals surface area contributed by atoms with Crippen molar-refractivity contribution in [1.82, 2.24) is 34.9 Å². The molecule has 6 rings (SSSR count). The van der Waals surface area contributed by atoms with Crippen molar-refractivity contribution in [3.8, 4) is 11.1 Å². The molecule has 1 saturated carbocycles. The van der Waals surface area contributed by atoms with Crippen LogP contribution in [0.3, 0.4) is 0 Å². The van der Waals surface area contributed by atoms with E-state index in [2.05, 4.69) is 53.5 Å². The van der Waals surface area contributed by atoms with Crippen LogP contribution in [0.4, 0.5) is 5.82 Å². The van der Waals surface area contributed by atoms with Gasteiger partial charge in [0, 0.05) is 35.9 Å². The van der Waals surface area contributed by atoms with Gasteiger partial charge in [0.25, 0.3) is 5.91 Å². The Labute approximate surface area is 251 Å². The van der Waals surface area contributed by atoms with E-state index in [1.165, 1.54) is 0 Å². The fourth-order valence-electron chi connectivity index (χ4n) is 5.83. The molecule has 0 spiro atoms. The number of carbonyl (C=O) groups is 3.